The van der Waals surface area contributed by atoms with E-state index in [2.05, 4.69) is 34.8 Å². The van der Waals surface area contributed by atoms with Crippen LogP contribution in [-0.4, -0.2) is 135 Å². The quantitative estimate of drug-likeness (QED) is 0.237. The molecule has 0 bridgehead atoms. The lowest BCUT2D eigenvalue weighted by molar-refractivity contribution is -0.878. The number of anilines is 1. The van der Waals surface area contributed by atoms with Crippen molar-refractivity contribution in [2.45, 2.75) is 32.7 Å². The van der Waals surface area contributed by atoms with E-state index in [0.29, 0.717) is 56.2 Å². The number of carbonyl (C=O) groups is 4. The monoisotopic (exact) mass is 805 g/mol. The predicted octanol–water partition coefficient (Wildman–Crippen LogP) is 4.63. The number of nitrogens with zero attached hydrogens (tertiary/aromatic N) is 8. The molecule has 5 heterocycles. The Morgan fingerprint density at radius 1 is 0.912 bits per heavy atom. The highest BCUT2D eigenvalue weighted by molar-refractivity contribution is 6.34. The molecule has 7 rings (SSSR count). The van der Waals surface area contributed by atoms with Crippen LogP contribution in [0.2, 0.25) is 5.02 Å². The highest BCUT2D eigenvalue weighted by Gasteiger charge is 2.39. The average molecular weight is 806 g/mol. The van der Waals surface area contributed by atoms with Gasteiger partial charge in [0.1, 0.15) is 0 Å². The minimum atomic E-state index is -1.11. The smallest absolute Gasteiger partial charge is 0.317 e. The number of carbonyl (C=O) groups excluding carboxylic acids is 4. The Kier molecular flexibility index (Phi) is 11.4. The molecule has 57 heavy (non-hydrogen) atoms. The third-order valence-electron chi connectivity index (χ3n) is 11.3. The van der Waals surface area contributed by atoms with Gasteiger partial charge in [0.15, 0.2) is 17.5 Å². The van der Waals surface area contributed by atoms with E-state index in [9.17, 15) is 19.2 Å². The first-order valence-electron chi connectivity index (χ1n) is 19.3. The number of piperazine rings is 1. The lowest BCUT2D eigenvalue weighted by atomic mass is 10.0. The highest BCUT2D eigenvalue weighted by atomic mass is 35.5. The van der Waals surface area contributed by atoms with Gasteiger partial charge >= 0.3 is 6.03 Å². The van der Waals surface area contributed by atoms with Crippen molar-refractivity contribution in [3.8, 4) is 22.4 Å². The Labute approximate surface area is 334 Å². The summed E-state index contributed by atoms with van der Waals surface area (Å²) < 4.78 is 35.2. The SMILES string of the molecule is Cc1nn(CCNC(=O)N2CCCC2)cc1-c1ccc(-c2cnc(C(=O)Nc3ccc(C(=O)N4CCN(C(=O)C5CC[N+](C)(C)C5)CC4)c(Cl)c3)n2C)c(F)c1F. The van der Waals surface area contributed by atoms with Crippen LogP contribution in [0.4, 0.5) is 19.3 Å². The molecule has 3 saturated heterocycles. The first-order chi connectivity index (χ1) is 27.2. The number of urea groups is 1. The molecule has 2 aromatic carbocycles. The van der Waals surface area contributed by atoms with Gasteiger partial charge in [-0.3, -0.25) is 19.1 Å². The maximum Gasteiger partial charge on any atom is 0.317 e. The Balaban J connectivity index is 0.964. The summed E-state index contributed by atoms with van der Waals surface area (Å²) in [5.74, 6) is -2.96. The van der Waals surface area contributed by atoms with Crippen molar-refractivity contribution in [3.63, 3.8) is 0 Å². The Hall–Kier alpha value is -5.35. The van der Waals surface area contributed by atoms with Gasteiger partial charge in [-0.25, -0.2) is 18.6 Å². The maximum atomic E-state index is 15.7. The van der Waals surface area contributed by atoms with E-state index in [1.165, 1.54) is 36.0 Å². The molecule has 14 nitrogen and oxygen atoms in total. The van der Waals surface area contributed by atoms with Crippen LogP contribution in [0, 0.1) is 24.5 Å². The van der Waals surface area contributed by atoms with Crippen molar-refractivity contribution >= 4 is 41.0 Å². The Morgan fingerprint density at radius 3 is 2.28 bits per heavy atom. The number of imidazole rings is 1. The fourth-order valence-corrected chi connectivity index (χ4v) is 8.29. The third-order valence-corrected chi connectivity index (χ3v) is 11.6. The number of likely N-dealkylation sites (tertiary alicyclic amines) is 2. The van der Waals surface area contributed by atoms with Crippen molar-refractivity contribution < 1.29 is 32.4 Å². The van der Waals surface area contributed by atoms with Crippen LogP contribution in [0.1, 0.15) is 45.9 Å². The molecule has 0 spiro atoms. The minimum absolute atomic E-state index is 0.0125. The topological polar surface area (TPSA) is 138 Å². The standard InChI is InChI=1S/C40H47ClF2N10O4/c1-25-31(23-52(47-25)15-12-44-40(57)51-13-5-6-14-51)28-9-10-30(35(43)34(28)42)33-22-45-36(48(33)2)37(54)46-27-7-8-29(32(41)21-27)39(56)50-18-16-49(17-19-50)38(55)26-11-20-53(3,4)24-26/h7-10,21-23,26H,5-6,11-20,24H2,1-4H3,(H-,44,46,54,56,57)/p+1. The lowest BCUT2D eigenvalue weighted by Crippen LogP contribution is -2.52. The summed E-state index contributed by atoms with van der Waals surface area (Å²) in [7, 11) is 5.79. The van der Waals surface area contributed by atoms with E-state index in [4.69, 9.17) is 11.6 Å². The Morgan fingerprint density at radius 2 is 1.60 bits per heavy atom. The van der Waals surface area contributed by atoms with E-state index in [0.717, 1.165) is 49.9 Å². The summed E-state index contributed by atoms with van der Waals surface area (Å²) in [5.41, 5.74) is 1.62. The second-order valence-corrected chi connectivity index (χ2v) is 16.1. The van der Waals surface area contributed by atoms with Gasteiger partial charge in [-0.15, -0.1) is 0 Å². The lowest BCUT2D eigenvalue weighted by Gasteiger charge is -2.36. The van der Waals surface area contributed by atoms with Crippen LogP contribution in [0.3, 0.4) is 0 Å². The minimum Gasteiger partial charge on any atom is -0.339 e. The third kappa shape index (κ3) is 8.37. The number of quaternary nitrogens is 1. The summed E-state index contributed by atoms with van der Waals surface area (Å²) in [6.07, 6.45) is 5.78. The molecule has 0 aliphatic carbocycles. The van der Waals surface area contributed by atoms with E-state index < -0.39 is 17.5 Å². The largest absolute Gasteiger partial charge is 0.339 e. The summed E-state index contributed by atoms with van der Waals surface area (Å²) in [6.45, 7) is 7.38. The second-order valence-electron chi connectivity index (χ2n) is 15.7. The maximum absolute atomic E-state index is 15.7. The zero-order chi connectivity index (χ0) is 40.6. The zero-order valence-electron chi connectivity index (χ0n) is 32.7. The molecule has 3 fully saturated rings. The predicted molar refractivity (Wildman–Crippen MR) is 211 cm³/mol. The van der Waals surface area contributed by atoms with Gasteiger partial charge in [0.25, 0.3) is 11.8 Å². The van der Waals surface area contributed by atoms with E-state index in [-0.39, 0.29) is 57.0 Å². The van der Waals surface area contributed by atoms with Gasteiger partial charge in [0.2, 0.25) is 5.91 Å². The van der Waals surface area contributed by atoms with Gasteiger partial charge in [0.05, 0.1) is 67.8 Å². The summed E-state index contributed by atoms with van der Waals surface area (Å²) in [6, 6.07) is 7.34. The molecule has 302 valence electrons. The zero-order valence-corrected chi connectivity index (χ0v) is 33.4. The number of nitrogens with one attached hydrogen (secondary N) is 2. The van der Waals surface area contributed by atoms with Gasteiger partial charge in [-0.2, -0.15) is 5.10 Å². The van der Waals surface area contributed by atoms with Crippen LogP contribution in [-0.2, 0) is 18.4 Å². The molecule has 1 atom stereocenters. The van der Waals surface area contributed by atoms with Crippen LogP contribution in [0.5, 0.6) is 0 Å². The Bertz CT molecular complexity index is 2210. The van der Waals surface area contributed by atoms with Crippen molar-refractivity contribution in [2.75, 3.05) is 78.3 Å². The van der Waals surface area contributed by atoms with Crippen LogP contribution in [0.15, 0.2) is 42.7 Å². The number of benzene rings is 2. The van der Waals surface area contributed by atoms with Gasteiger partial charge in [0, 0.05) is 87.9 Å². The van der Waals surface area contributed by atoms with Gasteiger partial charge in [-0.05, 0) is 44.0 Å². The first kappa shape index (κ1) is 39.9. The van der Waals surface area contributed by atoms with Crippen molar-refractivity contribution in [3.05, 3.63) is 76.5 Å². The van der Waals surface area contributed by atoms with Crippen LogP contribution in [0.25, 0.3) is 22.4 Å². The van der Waals surface area contributed by atoms with Crippen molar-refractivity contribution in [2.24, 2.45) is 13.0 Å². The van der Waals surface area contributed by atoms with E-state index in [1.54, 1.807) is 39.7 Å². The number of hydrogen-bond acceptors (Lipinski definition) is 6. The highest BCUT2D eigenvalue weighted by Crippen LogP contribution is 2.33. The summed E-state index contributed by atoms with van der Waals surface area (Å²) in [5, 5.41) is 10.2. The molecule has 17 heteroatoms. The number of amides is 5. The number of halogens is 3. The molecule has 0 saturated carbocycles. The molecule has 4 aromatic rings. The fourth-order valence-electron chi connectivity index (χ4n) is 8.03. The second kappa shape index (κ2) is 16.3. The molecule has 2 N–H and O–H groups in total. The molecule has 1 unspecified atom stereocenters. The summed E-state index contributed by atoms with van der Waals surface area (Å²) >= 11 is 6.55. The fraction of sp³-hybridized carbons (Fsp3) is 0.450. The number of aromatic nitrogens is 4. The van der Waals surface area contributed by atoms with E-state index >= 15 is 8.78 Å². The van der Waals surface area contributed by atoms with Crippen LogP contribution >= 0.6 is 11.6 Å². The average Bonchev–Trinajstić information content (AvgIpc) is 4.00. The normalized spacial score (nSPS) is 17.9. The van der Waals surface area contributed by atoms with Crippen molar-refractivity contribution in [1.29, 1.82) is 0 Å². The molecule has 0 radical (unpaired) electrons. The molecular weight excluding hydrogens is 758 g/mol. The van der Waals surface area contributed by atoms with E-state index in [1.807, 2.05) is 4.90 Å². The van der Waals surface area contributed by atoms with Crippen molar-refractivity contribution in [1.82, 2.24) is 39.3 Å². The number of hydrogen-bond donors (Lipinski definition) is 2. The first-order valence-corrected chi connectivity index (χ1v) is 19.7. The molecule has 3 aliphatic heterocycles. The number of rotatable bonds is 9. The van der Waals surface area contributed by atoms with Crippen LogP contribution < -0.4 is 10.6 Å². The molecule has 2 aromatic heterocycles. The van der Waals surface area contributed by atoms with Gasteiger partial charge in [-0.1, -0.05) is 17.7 Å². The molecule has 5 amide bonds. The van der Waals surface area contributed by atoms with Gasteiger partial charge < -0.3 is 34.4 Å². The summed E-state index contributed by atoms with van der Waals surface area (Å²) in [4.78, 5) is 61.6. The molecular formula is C40H48ClF2N10O4+. The number of aryl methyl sites for hydroxylation is 1. The molecule has 3 aliphatic rings.